The van der Waals surface area contributed by atoms with E-state index < -0.39 is 0 Å². The van der Waals surface area contributed by atoms with Gasteiger partial charge in [-0.2, -0.15) is 0 Å². The van der Waals surface area contributed by atoms with Crippen LogP contribution in [0.3, 0.4) is 0 Å². The number of benzene rings is 1. The highest BCUT2D eigenvalue weighted by atomic mass is 16.5. The van der Waals surface area contributed by atoms with Crippen LogP contribution in [0.25, 0.3) is 10.4 Å². The molecule has 0 unspecified atom stereocenters. The van der Waals surface area contributed by atoms with Crippen LogP contribution in [0.1, 0.15) is 12.5 Å². The van der Waals surface area contributed by atoms with Gasteiger partial charge in [0.2, 0.25) is 0 Å². The normalized spacial score (nSPS) is 9.39. The predicted octanol–water partition coefficient (Wildman–Crippen LogP) is 2.05. The Bertz CT molecular complexity index is 424. The molecule has 0 aliphatic carbocycles. The molecule has 0 spiro atoms. The van der Waals surface area contributed by atoms with Crippen molar-refractivity contribution in [1.82, 2.24) is 5.32 Å². The van der Waals surface area contributed by atoms with E-state index in [4.69, 9.17) is 10.3 Å². The number of carbonyl (C=O) groups is 1. The van der Waals surface area contributed by atoms with Gasteiger partial charge in [-0.1, -0.05) is 24.2 Å². The number of azide groups is 1. The fourth-order valence-corrected chi connectivity index (χ4v) is 1.31. The first kappa shape index (κ1) is 13.9. The summed E-state index contributed by atoms with van der Waals surface area (Å²) in [6, 6.07) is 7.61. The summed E-state index contributed by atoms with van der Waals surface area (Å²) in [6.45, 7) is 2.60. The van der Waals surface area contributed by atoms with Gasteiger partial charge in [0.1, 0.15) is 5.75 Å². The number of nitrogens with zero attached hydrogens (tertiary/aromatic N) is 3. The van der Waals surface area contributed by atoms with Crippen molar-refractivity contribution in [2.75, 3.05) is 19.7 Å². The Morgan fingerprint density at radius 3 is 2.78 bits per heavy atom. The summed E-state index contributed by atoms with van der Waals surface area (Å²) in [6.07, 6.45) is 0.972. The largest absolute Gasteiger partial charge is 0.484 e. The number of rotatable bonds is 7. The molecule has 0 atom stereocenters. The summed E-state index contributed by atoms with van der Waals surface area (Å²) < 4.78 is 5.31. The second kappa shape index (κ2) is 7.97. The molecule has 6 heteroatoms. The Kier molecular flexibility index (Phi) is 6.14. The highest BCUT2D eigenvalue weighted by Gasteiger charge is 2.01. The lowest BCUT2D eigenvalue weighted by Gasteiger charge is -2.07. The summed E-state index contributed by atoms with van der Waals surface area (Å²) in [4.78, 5) is 13.9. The third-order valence-electron chi connectivity index (χ3n) is 2.30. The highest BCUT2D eigenvalue weighted by Crippen LogP contribution is 2.12. The molecule has 1 amide bonds. The zero-order valence-corrected chi connectivity index (χ0v) is 10.3. The van der Waals surface area contributed by atoms with Crippen molar-refractivity contribution in [1.29, 1.82) is 0 Å². The lowest BCUT2D eigenvalue weighted by atomic mass is 10.2. The SMILES string of the molecule is CCc1ccc(OCC(=O)NCCN=[N+]=[N-])cc1. The van der Waals surface area contributed by atoms with Crippen molar-refractivity contribution in [3.05, 3.63) is 40.3 Å². The molecule has 0 bridgehead atoms. The average molecular weight is 248 g/mol. The molecule has 0 heterocycles. The molecule has 1 aromatic carbocycles. The Balaban J connectivity index is 2.26. The summed E-state index contributed by atoms with van der Waals surface area (Å²) in [5, 5.41) is 5.89. The van der Waals surface area contributed by atoms with Gasteiger partial charge in [0, 0.05) is 18.0 Å². The Hall–Kier alpha value is -2.20. The molecule has 96 valence electrons. The second-order valence-electron chi connectivity index (χ2n) is 3.59. The number of ether oxygens (including phenoxy) is 1. The maximum Gasteiger partial charge on any atom is 0.257 e. The molecule has 0 aliphatic heterocycles. The lowest BCUT2D eigenvalue weighted by Crippen LogP contribution is -2.30. The number of amides is 1. The van der Waals surface area contributed by atoms with E-state index in [-0.39, 0.29) is 19.1 Å². The van der Waals surface area contributed by atoms with Crippen LogP contribution in [-0.4, -0.2) is 25.6 Å². The van der Waals surface area contributed by atoms with Gasteiger partial charge >= 0.3 is 0 Å². The summed E-state index contributed by atoms with van der Waals surface area (Å²) in [5.74, 6) is 0.431. The van der Waals surface area contributed by atoms with Crippen LogP contribution in [0.4, 0.5) is 0 Å². The Morgan fingerprint density at radius 2 is 2.17 bits per heavy atom. The van der Waals surface area contributed by atoms with Crippen LogP contribution in [0.15, 0.2) is 29.4 Å². The molecule has 6 nitrogen and oxygen atoms in total. The topological polar surface area (TPSA) is 87.1 Å². The molecule has 0 fully saturated rings. The first-order valence-electron chi connectivity index (χ1n) is 5.75. The van der Waals surface area contributed by atoms with Crippen molar-refractivity contribution < 1.29 is 9.53 Å². The van der Waals surface area contributed by atoms with E-state index in [0.29, 0.717) is 12.3 Å². The molecular weight excluding hydrogens is 232 g/mol. The summed E-state index contributed by atoms with van der Waals surface area (Å²) >= 11 is 0. The van der Waals surface area contributed by atoms with E-state index in [0.717, 1.165) is 6.42 Å². The van der Waals surface area contributed by atoms with E-state index in [1.165, 1.54) is 5.56 Å². The molecule has 1 N–H and O–H groups in total. The minimum Gasteiger partial charge on any atom is -0.484 e. The van der Waals surface area contributed by atoms with Gasteiger partial charge in [-0.3, -0.25) is 4.79 Å². The zero-order chi connectivity index (χ0) is 13.2. The molecule has 0 aromatic heterocycles. The first-order valence-corrected chi connectivity index (χ1v) is 5.75. The number of aryl methyl sites for hydroxylation is 1. The maximum atomic E-state index is 11.3. The van der Waals surface area contributed by atoms with E-state index >= 15 is 0 Å². The third kappa shape index (κ3) is 5.23. The van der Waals surface area contributed by atoms with Gasteiger partial charge in [-0.05, 0) is 29.6 Å². The fraction of sp³-hybridized carbons (Fsp3) is 0.417. The molecule has 1 rings (SSSR count). The van der Waals surface area contributed by atoms with Crippen molar-refractivity contribution in [3.8, 4) is 5.75 Å². The number of carbonyl (C=O) groups excluding carboxylic acids is 1. The molecule has 0 radical (unpaired) electrons. The molecule has 0 aliphatic rings. The van der Waals surface area contributed by atoms with Crippen LogP contribution >= 0.6 is 0 Å². The highest BCUT2D eigenvalue weighted by molar-refractivity contribution is 5.77. The zero-order valence-electron chi connectivity index (χ0n) is 10.3. The molecule has 0 saturated heterocycles. The van der Waals surface area contributed by atoms with Crippen LogP contribution in [0, 0.1) is 0 Å². The fourth-order valence-electron chi connectivity index (χ4n) is 1.31. The average Bonchev–Trinajstić information content (AvgIpc) is 2.42. The lowest BCUT2D eigenvalue weighted by molar-refractivity contribution is -0.123. The van der Waals surface area contributed by atoms with Gasteiger partial charge in [0.25, 0.3) is 5.91 Å². The Morgan fingerprint density at radius 1 is 1.44 bits per heavy atom. The predicted molar refractivity (Wildman–Crippen MR) is 68.3 cm³/mol. The minimum atomic E-state index is -0.234. The van der Waals surface area contributed by atoms with Gasteiger partial charge in [0.05, 0.1) is 0 Å². The van der Waals surface area contributed by atoms with Crippen LogP contribution in [-0.2, 0) is 11.2 Å². The monoisotopic (exact) mass is 248 g/mol. The van der Waals surface area contributed by atoms with Gasteiger partial charge < -0.3 is 10.1 Å². The van der Waals surface area contributed by atoms with E-state index in [1.807, 2.05) is 24.3 Å². The standard InChI is InChI=1S/C12H16N4O2/c1-2-10-3-5-11(6-4-10)18-9-12(17)14-7-8-15-16-13/h3-6H,2,7-9H2,1H3,(H,14,17). The smallest absolute Gasteiger partial charge is 0.257 e. The van der Waals surface area contributed by atoms with Crippen molar-refractivity contribution in [2.45, 2.75) is 13.3 Å². The maximum absolute atomic E-state index is 11.3. The van der Waals surface area contributed by atoms with E-state index in [1.54, 1.807) is 0 Å². The minimum absolute atomic E-state index is 0.0399. The molecular formula is C12H16N4O2. The van der Waals surface area contributed by atoms with Crippen molar-refractivity contribution >= 4 is 5.91 Å². The van der Waals surface area contributed by atoms with Gasteiger partial charge in [-0.25, -0.2) is 0 Å². The van der Waals surface area contributed by atoms with Crippen LogP contribution in [0.2, 0.25) is 0 Å². The summed E-state index contributed by atoms with van der Waals surface area (Å²) in [5.41, 5.74) is 9.27. The molecule has 1 aromatic rings. The number of hydrogen-bond acceptors (Lipinski definition) is 3. The second-order valence-corrected chi connectivity index (χ2v) is 3.59. The quantitative estimate of drug-likeness (QED) is 0.346. The number of nitrogens with one attached hydrogen (secondary N) is 1. The van der Waals surface area contributed by atoms with E-state index in [9.17, 15) is 4.79 Å². The van der Waals surface area contributed by atoms with Gasteiger partial charge in [0.15, 0.2) is 6.61 Å². The first-order chi connectivity index (χ1) is 8.76. The number of hydrogen-bond donors (Lipinski definition) is 1. The van der Waals surface area contributed by atoms with Crippen LogP contribution in [0.5, 0.6) is 5.75 Å². The summed E-state index contributed by atoms with van der Waals surface area (Å²) in [7, 11) is 0. The molecule has 0 saturated carbocycles. The Labute approximate surface area is 106 Å². The van der Waals surface area contributed by atoms with Crippen molar-refractivity contribution in [2.24, 2.45) is 5.11 Å². The van der Waals surface area contributed by atoms with Crippen LogP contribution < -0.4 is 10.1 Å². The molecule has 18 heavy (non-hydrogen) atoms. The van der Waals surface area contributed by atoms with Crippen molar-refractivity contribution in [3.63, 3.8) is 0 Å². The van der Waals surface area contributed by atoms with Gasteiger partial charge in [-0.15, -0.1) is 0 Å². The third-order valence-corrected chi connectivity index (χ3v) is 2.30. The van der Waals surface area contributed by atoms with E-state index in [2.05, 4.69) is 22.3 Å².